The van der Waals surface area contributed by atoms with Gasteiger partial charge in [-0.1, -0.05) is 6.92 Å². The number of hydrogen-bond acceptors (Lipinski definition) is 3. The monoisotopic (exact) mass is 335 g/mol. The van der Waals surface area contributed by atoms with Gasteiger partial charge >= 0.3 is 0 Å². The van der Waals surface area contributed by atoms with Crippen LogP contribution in [0.25, 0.3) is 0 Å². The summed E-state index contributed by atoms with van der Waals surface area (Å²) in [5, 5.41) is 2.89. The Balaban J connectivity index is 3.05. The lowest BCUT2D eigenvalue weighted by Crippen LogP contribution is -3.06. The van der Waals surface area contributed by atoms with Crippen molar-refractivity contribution in [3.8, 4) is 0 Å². The summed E-state index contributed by atoms with van der Waals surface area (Å²) in [5.74, 6) is 0.0436. The number of hydrogen-bond donors (Lipinski definition) is 2. The van der Waals surface area contributed by atoms with E-state index in [4.69, 9.17) is 0 Å². The third kappa shape index (κ3) is 6.20. The first-order chi connectivity index (χ1) is 11.2. The van der Waals surface area contributed by atoms with E-state index in [9.17, 15) is 9.59 Å². The van der Waals surface area contributed by atoms with Gasteiger partial charge in [-0.2, -0.15) is 0 Å². The average Bonchev–Trinajstić information content (AvgIpc) is 2.50. The molecule has 0 spiro atoms. The molecule has 6 heteroatoms. The van der Waals surface area contributed by atoms with Crippen LogP contribution in [-0.2, 0) is 16.1 Å². The molecule has 1 aromatic rings. The van der Waals surface area contributed by atoms with E-state index in [-0.39, 0.29) is 11.8 Å². The highest BCUT2D eigenvalue weighted by Gasteiger charge is 2.15. The SMILES string of the molecule is CCC(=O)Nc1ccc(N(C)C)c(CN(CC[NH+](C)C)C(C)=O)c1. The Labute approximate surface area is 145 Å². The molecule has 1 aromatic carbocycles. The zero-order valence-corrected chi connectivity index (χ0v) is 15.8. The van der Waals surface area contributed by atoms with E-state index in [1.165, 1.54) is 4.90 Å². The number of amides is 2. The molecule has 134 valence electrons. The Hall–Kier alpha value is -2.08. The minimum Gasteiger partial charge on any atom is -0.377 e. The number of benzene rings is 1. The van der Waals surface area contributed by atoms with Crippen molar-refractivity contribution in [2.45, 2.75) is 26.8 Å². The molecule has 0 radical (unpaired) electrons. The lowest BCUT2D eigenvalue weighted by atomic mass is 10.1. The molecule has 0 aromatic heterocycles. The van der Waals surface area contributed by atoms with E-state index in [1.807, 2.05) is 49.0 Å². The molecule has 0 aliphatic rings. The predicted octanol–water partition coefficient (Wildman–Crippen LogP) is 0.594. The average molecular weight is 335 g/mol. The smallest absolute Gasteiger partial charge is 0.224 e. The van der Waals surface area contributed by atoms with Crippen molar-refractivity contribution in [3.05, 3.63) is 23.8 Å². The molecule has 2 amide bonds. The van der Waals surface area contributed by atoms with E-state index in [2.05, 4.69) is 19.4 Å². The molecule has 0 saturated carbocycles. The first kappa shape index (κ1) is 20.0. The number of carbonyl (C=O) groups is 2. The van der Waals surface area contributed by atoms with Crippen LogP contribution in [0.15, 0.2) is 18.2 Å². The summed E-state index contributed by atoms with van der Waals surface area (Å²) in [5.41, 5.74) is 2.84. The van der Waals surface area contributed by atoms with Crippen molar-refractivity contribution >= 4 is 23.2 Å². The zero-order valence-electron chi connectivity index (χ0n) is 15.8. The number of likely N-dealkylation sites (N-methyl/N-ethyl adjacent to an activating group) is 1. The molecular weight excluding hydrogens is 304 g/mol. The van der Waals surface area contributed by atoms with Crippen molar-refractivity contribution in [3.63, 3.8) is 0 Å². The summed E-state index contributed by atoms with van der Waals surface area (Å²) in [6, 6.07) is 5.84. The zero-order chi connectivity index (χ0) is 18.3. The highest BCUT2D eigenvalue weighted by molar-refractivity contribution is 5.90. The van der Waals surface area contributed by atoms with Crippen LogP contribution in [0.2, 0.25) is 0 Å². The molecule has 0 saturated heterocycles. The second kappa shape index (κ2) is 9.27. The van der Waals surface area contributed by atoms with Gasteiger partial charge in [-0.15, -0.1) is 0 Å². The molecule has 0 atom stereocenters. The van der Waals surface area contributed by atoms with Gasteiger partial charge in [-0.05, 0) is 23.8 Å². The fourth-order valence-corrected chi connectivity index (χ4v) is 2.39. The molecule has 0 fully saturated rings. The maximum absolute atomic E-state index is 12.0. The molecule has 2 N–H and O–H groups in total. The maximum Gasteiger partial charge on any atom is 0.224 e. The van der Waals surface area contributed by atoms with Gasteiger partial charge in [0.1, 0.15) is 0 Å². The maximum atomic E-state index is 12.0. The van der Waals surface area contributed by atoms with Crippen LogP contribution < -0.4 is 15.1 Å². The van der Waals surface area contributed by atoms with Crippen LogP contribution in [-0.4, -0.2) is 58.0 Å². The third-order valence-corrected chi connectivity index (χ3v) is 3.85. The van der Waals surface area contributed by atoms with Crippen LogP contribution in [0.5, 0.6) is 0 Å². The highest BCUT2D eigenvalue weighted by Crippen LogP contribution is 2.24. The fraction of sp³-hybridized carbons (Fsp3) is 0.556. The second-order valence-electron chi connectivity index (χ2n) is 6.54. The Kier molecular flexibility index (Phi) is 7.71. The molecule has 1 rings (SSSR count). The minimum atomic E-state index is -0.0156. The van der Waals surface area contributed by atoms with Gasteiger partial charge in [0.25, 0.3) is 0 Å². The third-order valence-electron chi connectivity index (χ3n) is 3.85. The number of rotatable bonds is 8. The largest absolute Gasteiger partial charge is 0.377 e. The predicted molar refractivity (Wildman–Crippen MR) is 98.5 cm³/mol. The van der Waals surface area contributed by atoms with E-state index < -0.39 is 0 Å². The Morgan fingerprint density at radius 1 is 1.21 bits per heavy atom. The topological polar surface area (TPSA) is 57.1 Å². The summed E-state index contributed by atoms with van der Waals surface area (Å²) in [4.78, 5) is 28.8. The molecular formula is C18H31N4O2+. The van der Waals surface area contributed by atoms with Gasteiger partial charge in [0.2, 0.25) is 11.8 Å². The Morgan fingerprint density at radius 3 is 2.38 bits per heavy atom. The van der Waals surface area contributed by atoms with E-state index in [1.54, 1.807) is 6.92 Å². The van der Waals surface area contributed by atoms with Crippen LogP contribution >= 0.6 is 0 Å². The quantitative estimate of drug-likeness (QED) is 0.731. The van der Waals surface area contributed by atoms with Gasteiger partial charge < -0.3 is 20.0 Å². The molecule has 0 heterocycles. The summed E-state index contributed by atoms with van der Waals surface area (Å²) in [7, 11) is 8.10. The van der Waals surface area contributed by atoms with Gasteiger partial charge in [0, 0.05) is 45.4 Å². The molecule has 6 nitrogen and oxygen atoms in total. The van der Waals surface area contributed by atoms with Crippen LogP contribution in [0.3, 0.4) is 0 Å². The van der Waals surface area contributed by atoms with Crippen LogP contribution in [0.4, 0.5) is 11.4 Å². The van der Waals surface area contributed by atoms with Crippen molar-refractivity contribution in [1.82, 2.24) is 4.90 Å². The van der Waals surface area contributed by atoms with Crippen molar-refractivity contribution in [1.29, 1.82) is 0 Å². The fourth-order valence-electron chi connectivity index (χ4n) is 2.39. The second-order valence-corrected chi connectivity index (χ2v) is 6.54. The first-order valence-electron chi connectivity index (χ1n) is 8.39. The summed E-state index contributed by atoms with van der Waals surface area (Å²) < 4.78 is 0. The number of nitrogens with zero attached hydrogens (tertiary/aromatic N) is 2. The molecule has 0 aliphatic carbocycles. The van der Waals surface area contributed by atoms with Crippen molar-refractivity contribution in [2.75, 3.05) is 51.5 Å². The van der Waals surface area contributed by atoms with E-state index in [0.29, 0.717) is 19.5 Å². The van der Waals surface area contributed by atoms with E-state index in [0.717, 1.165) is 23.5 Å². The summed E-state index contributed by atoms with van der Waals surface area (Å²) in [6.07, 6.45) is 0.440. The summed E-state index contributed by atoms with van der Waals surface area (Å²) in [6.45, 7) is 5.56. The van der Waals surface area contributed by atoms with Gasteiger partial charge in [-0.3, -0.25) is 9.59 Å². The lowest BCUT2D eigenvalue weighted by Gasteiger charge is -2.25. The van der Waals surface area contributed by atoms with Crippen molar-refractivity contribution < 1.29 is 14.5 Å². The van der Waals surface area contributed by atoms with Crippen molar-refractivity contribution in [2.24, 2.45) is 0 Å². The molecule has 0 bridgehead atoms. The molecule has 0 unspecified atom stereocenters. The Morgan fingerprint density at radius 2 is 1.88 bits per heavy atom. The summed E-state index contributed by atoms with van der Waals surface area (Å²) >= 11 is 0. The first-order valence-corrected chi connectivity index (χ1v) is 8.39. The lowest BCUT2D eigenvalue weighted by molar-refractivity contribution is -0.857. The van der Waals surface area contributed by atoms with Gasteiger partial charge in [0.15, 0.2) is 0 Å². The number of anilines is 2. The molecule has 0 aliphatic heterocycles. The normalized spacial score (nSPS) is 10.6. The van der Waals surface area contributed by atoms with Gasteiger partial charge in [0.05, 0.1) is 27.2 Å². The number of nitrogens with one attached hydrogen (secondary N) is 2. The van der Waals surface area contributed by atoms with Gasteiger partial charge in [-0.25, -0.2) is 0 Å². The number of carbonyl (C=O) groups excluding carboxylic acids is 2. The number of quaternary nitrogens is 1. The van der Waals surface area contributed by atoms with Crippen LogP contribution in [0.1, 0.15) is 25.8 Å². The van der Waals surface area contributed by atoms with E-state index >= 15 is 0 Å². The minimum absolute atomic E-state index is 0.0156. The standard InChI is InChI=1S/C18H30N4O2/c1-7-18(24)19-16-8-9-17(21(5)6)15(12-16)13-22(14(2)23)11-10-20(3)4/h8-9,12H,7,10-11,13H2,1-6H3,(H,19,24)/p+1. The van der Waals surface area contributed by atoms with Crippen LogP contribution in [0, 0.1) is 0 Å². The molecule has 24 heavy (non-hydrogen) atoms. The highest BCUT2D eigenvalue weighted by atomic mass is 16.2. The Bertz CT molecular complexity index is 570.